The monoisotopic (exact) mass is 412 g/mol. The van der Waals surface area contributed by atoms with Gasteiger partial charge in [-0.05, 0) is 54.3 Å². The van der Waals surface area contributed by atoms with Crippen LogP contribution in [0.1, 0.15) is 45.9 Å². The van der Waals surface area contributed by atoms with E-state index in [0.717, 1.165) is 60.1 Å². The SMILES string of the molecule is NC(=O)c1cc(-c2ccc(C3CC3)nc2)nc2c1Cc1cc(N3CCOCC3)ccc1-2. The van der Waals surface area contributed by atoms with E-state index < -0.39 is 5.91 Å². The van der Waals surface area contributed by atoms with Crippen LogP contribution in [0.15, 0.2) is 42.6 Å². The molecule has 3 heterocycles. The van der Waals surface area contributed by atoms with Gasteiger partial charge in [0.25, 0.3) is 0 Å². The van der Waals surface area contributed by atoms with Gasteiger partial charge in [-0.25, -0.2) is 4.98 Å². The number of primary amides is 1. The van der Waals surface area contributed by atoms with Gasteiger partial charge >= 0.3 is 0 Å². The molecule has 6 heteroatoms. The quantitative estimate of drug-likeness (QED) is 0.555. The van der Waals surface area contributed by atoms with E-state index in [1.807, 2.05) is 12.3 Å². The number of hydrogen-bond acceptors (Lipinski definition) is 5. The van der Waals surface area contributed by atoms with Crippen molar-refractivity contribution in [1.82, 2.24) is 9.97 Å². The fourth-order valence-electron chi connectivity index (χ4n) is 4.68. The third-order valence-corrected chi connectivity index (χ3v) is 6.55. The van der Waals surface area contributed by atoms with Gasteiger partial charge in [-0.3, -0.25) is 9.78 Å². The first-order valence-corrected chi connectivity index (χ1v) is 10.9. The molecule has 0 bridgehead atoms. The van der Waals surface area contributed by atoms with Gasteiger partial charge in [0, 0.05) is 59.7 Å². The van der Waals surface area contributed by atoms with Gasteiger partial charge in [-0.1, -0.05) is 6.07 Å². The second-order valence-corrected chi connectivity index (χ2v) is 8.61. The fraction of sp³-hybridized carbons (Fsp3) is 0.320. The van der Waals surface area contributed by atoms with Crippen LogP contribution in [-0.2, 0) is 11.2 Å². The minimum Gasteiger partial charge on any atom is -0.378 e. The number of morpholine rings is 1. The second-order valence-electron chi connectivity index (χ2n) is 8.61. The van der Waals surface area contributed by atoms with Crippen LogP contribution in [0.4, 0.5) is 5.69 Å². The van der Waals surface area contributed by atoms with Crippen molar-refractivity contribution in [2.24, 2.45) is 5.73 Å². The summed E-state index contributed by atoms with van der Waals surface area (Å²) in [7, 11) is 0. The molecule has 1 aliphatic heterocycles. The van der Waals surface area contributed by atoms with Crippen LogP contribution < -0.4 is 10.6 Å². The smallest absolute Gasteiger partial charge is 0.249 e. The maximum Gasteiger partial charge on any atom is 0.249 e. The predicted molar refractivity (Wildman–Crippen MR) is 119 cm³/mol. The number of fused-ring (bicyclic) bond motifs is 3. The number of aromatic nitrogens is 2. The van der Waals surface area contributed by atoms with Gasteiger partial charge in [0.1, 0.15) is 0 Å². The summed E-state index contributed by atoms with van der Waals surface area (Å²) in [5, 5.41) is 0. The Balaban J connectivity index is 1.40. The highest BCUT2D eigenvalue weighted by Crippen LogP contribution is 2.41. The largest absolute Gasteiger partial charge is 0.378 e. The van der Waals surface area contributed by atoms with Gasteiger partial charge < -0.3 is 15.4 Å². The molecule has 1 aromatic carbocycles. The van der Waals surface area contributed by atoms with E-state index >= 15 is 0 Å². The summed E-state index contributed by atoms with van der Waals surface area (Å²) in [6.07, 6.45) is 4.98. The minimum atomic E-state index is -0.413. The normalized spacial score (nSPS) is 17.4. The zero-order valence-corrected chi connectivity index (χ0v) is 17.3. The Morgan fingerprint density at radius 1 is 1.10 bits per heavy atom. The van der Waals surface area contributed by atoms with Crippen LogP contribution in [-0.4, -0.2) is 42.2 Å². The van der Waals surface area contributed by atoms with Crippen molar-refractivity contribution < 1.29 is 9.53 Å². The maximum atomic E-state index is 12.3. The number of ether oxygens (including phenoxy) is 1. The van der Waals surface area contributed by atoms with Crippen molar-refractivity contribution in [3.63, 3.8) is 0 Å². The minimum absolute atomic E-state index is 0.413. The lowest BCUT2D eigenvalue weighted by molar-refractivity contribution is 0.0999. The van der Waals surface area contributed by atoms with Crippen LogP contribution in [0.2, 0.25) is 0 Å². The maximum absolute atomic E-state index is 12.3. The molecule has 2 aliphatic carbocycles. The van der Waals surface area contributed by atoms with Crippen molar-refractivity contribution in [1.29, 1.82) is 0 Å². The molecule has 2 aromatic heterocycles. The lowest BCUT2D eigenvalue weighted by Crippen LogP contribution is -2.36. The first-order valence-electron chi connectivity index (χ1n) is 10.9. The van der Waals surface area contributed by atoms with Gasteiger partial charge in [0.05, 0.1) is 24.6 Å². The number of amides is 1. The summed E-state index contributed by atoms with van der Waals surface area (Å²) in [6.45, 7) is 3.29. The fourth-order valence-corrected chi connectivity index (χ4v) is 4.68. The molecule has 1 saturated carbocycles. The van der Waals surface area contributed by atoms with Gasteiger partial charge in [-0.2, -0.15) is 0 Å². The summed E-state index contributed by atoms with van der Waals surface area (Å²) in [6, 6.07) is 12.4. The van der Waals surface area contributed by atoms with Gasteiger partial charge in [-0.15, -0.1) is 0 Å². The molecular weight excluding hydrogens is 388 g/mol. The number of carbonyl (C=O) groups excluding carboxylic acids is 1. The number of hydrogen-bond donors (Lipinski definition) is 1. The van der Waals surface area contributed by atoms with Crippen LogP contribution in [0.3, 0.4) is 0 Å². The molecule has 6 rings (SSSR count). The zero-order chi connectivity index (χ0) is 20.9. The molecule has 31 heavy (non-hydrogen) atoms. The standard InChI is InChI=1S/C25H24N4O2/c26-25(30)21-13-23(16-3-6-22(27-14-16)15-1-2-15)28-24-19-5-4-18(11-17(19)12-20(21)24)29-7-9-31-10-8-29/h3-6,11,13-15H,1-2,7-10,12H2,(H2,26,30). The van der Waals surface area contributed by atoms with Crippen molar-refractivity contribution in [3.05, 3.63) is 65.0 Å². The first kappa shape index (κ1) is 18.5. The number of carbonyl (C=O) groups is 1. The molecule has 3 aliphatic rings. The zero-order valence-electron chi connectivity index (χ0n) is 17.3. The lowest BCUT2D eigenvalue weighted by atomic mass is 10.0. The highest BCUT2D eigenvalue weighted by atomic mass is 16.5. The third kappa shape index (κ3) is 3.27. The number of anilines is 1. The van der Waals surface area contributed by atoms with E-state index in [1.165, 1.54) is 24.1 Å². The molecule has 1 saturated heterocycles. The average molecular weight is 412 g/mol. The lowest BCUT2D eigenvalue weighted by Gasteiger charge is -2.29. The number of nitrogens with zero attached hydrogens (tertiary/aromatic N) is 3. The molecule has 0 radical (unpaired) electrons. The number of benzene rings is 1. The summed E-state index contributed by atoms with van der Waals surface area (Å²) in [4.78, 5) is 24.2. The van der Waals surface area contributed by atoms with E-state index in [9.17, 15) is 4.79 Å². The Bertz CT molecular complexity index is 1180. The topological polar surface area (TPSA) is 81.3 Å². The van der Waals surface area contributed by atoms with E-state index in [2.05, 4.69) is 40.2 Å². The number of pyridine rings is 2. The molecular formula is C25H24N4O2. The molecule has 3 aromatic rings. The molecule has 6 nitrogen and oxygen atoms in total. The van der Waals surface area contributed by atoms with Crippen LogP contribution >= 0.6 is 0 Å². The highest BCUT2D eigenvalue weighted by Gasteiger charge is 2.28. The van der Waals surface area contributed by atoms with Gasteiger partial charge in [0.2, 0.25) is 5.91 Å². The third-order valence-electron chi connectivity index (χ3n) is 6.55. The second kappa shape index (κ2) is 7.17. The number of nitrogens with two attached hydrogens (primary N) is 1. The van der Waals surface area contributed by atoms with Crippen LogP contribution in [0, 0.1) is 0 Å². The Hall–Kier alpha value is -3.25. The summed E-state index contributed by atoms with van der Waals surface area (Å²) in [5.74, 6) is 0.194. The van der Waals surface area contributed by atoms with E-state index in [0.29, 0.717) is 17.9 Å². The molecule has 156 valence electrons. The Morgan fingerprint density at radius 3 is 2.65 bits per heavy atom. The molecule has 2 fully saturated rings. The summed E-state index contributed by atoms with van der Waals surface area (Å²) >= 11 is 0. The van der Waals surface area contributed by atoms with Crippen LogP contribution in [0.5, 0.6) is 0 Å². The first-order chi connectivity index (χ1) is 15.2. The Labute approximate surface area is 181 Å². The number of rotatable bonds is 4. The molecule has 2 N–H and O–H groups in total. The van der Waals surface area contributed by atoms with E-state index in [4.69, 9.17) is 15.5 Å². The molecule has 0 atom stereocenters. The summed E-state index contributed by atoms with van der Waals surface area (Å²) in [5.41, 5.74) is 14.4. The van der Waals surface area contributed by atoms with E-state index in [1.54, 1.807) is 0 Å². The molecule has 0 unspecified atom stereocenters. The van der Waals surface area contributed by atoms with Gasteiger partial charge in [0.15, 0.2) is 0 Å². The molecule has 0 spiro atoms. The molecule has 1 amide bonds. The van der Waals surface area contributed by atoms with Crippen molar-refractivity contribution >= 4 is 11.6 Å². The van der Waals surface area contributed by atoms with E-state index in [-0.39, 0.29) is 0 Å². The highest BCUT2D eigenvalue weighted by molar-refractivity contribution is 5.98. The van der Waals surface area contributed by atoms with Crippen LogP contribution in [0.25, 0.3) is 22.5 Å². The summed E-state index contributed by atoms with van der Waals surface area (Å²) < 4.78 is 5.48. The average Bonchev–Trinajstić information content (AvgIpc) is 3.59. The van der Waals surface area contributed by atoms with Crippen molar-refractivity contribution in [3.8, 4) is 22.5 Å². The predicted octanol–water partition coefficient (Wildman–Crippen LogP) is 3.53. The Morgan fingerprint density at radius 2 is 1.94 bits per heavy atom. The van der Waals surface area contributed by atoms with Crippen molar-refractivity contribution in [2.45, 2.75) is 25.2 Å². The Kier molecular flexibility index (Phi) is 4.28. The van der Waals surface area contributed by atoms with Crippen molar-refractivity contribution in [2.75, 3.05) is 31.2 Å².